The number of nitrogens with two attached hydrogens (primary N) is 1. The number of carbonyl (C=O) groups is 1. The van der Waals surface area contributed by atoms with Gasteiger partial charge >= 0.3 is 5.97 Å². The Labute approximate surface area is 121 Å². The quantitative estimate of drug-likeness (QED) is 0.648. The van der Waals surface area contributed by atoms with Crippen LogP contribution in [-0.4, -0.2) is 91.2 Å². The van der Waals surface area contributed by atoms with Crippen molar-refractivity contribution in [3.8, 4) is 0 Å². The van der Waals surface area contributed by atoms with Gasteiger partial charge in [-0.2, -0.15) is 0 Å². The zero-order valence-corrected chi connectivity index (χ0v) is 12.7. The summed E-state index contributed by atoms with van der Waals surface area (Å²) in [5.41, 5.74) is 5.11. The Morgan fingerprint density at radius 2 is 1.80 bits per heavy atom. The van der Waals surface area contributed by atoms with E-state index in [1.165, 1.54) is 0 Å². The highest BCUT2D eigenvalue weighted by atomic mass is 16.4. The first kappa shape index (κ1) is 15.7. The molecule has 1 saturated heterocycles. The van der Waals surface area contributed by atoms with Gasteiger partial charge in [0.25, 0.3) is 0 Å². The maximum atomic E-state index is 11.5. The monoisotopic (exact) mass is 284 g/mol. The minimum atomic E-state index is -1.04. The van der Waals surface area contributed by atoms with E-state index in [1.807, 2.05) is 0 Å². The highest BCUT2D eigenvalue weighted by molar-refractivity contribution is 5.79. The summed E-state index contributed by atoms with van der Waals surface area (Å²) in [6.07, 6.45) is 1.93. The summed E-state index contributed by atoms with van der Waals surface area (Å²) >= 11 is 0. The molecule has 116 valence electrons. The second kappa shape index (κ2) is 6.39. The summed E-state index contributed by atoms with van der Waals surface area (Å²) in [7, 11) is 4.17. The minimum Gasteiger partial charge on any atom is -0.480 e. The SMILES string of the molecule is CN(C)CCN1CCN(CC(N)(C(=O)O)C2CC2)CC1. The van der Waals surface area contributed by atoms with E-state index >= 15 is 0 Å². The first-order chi connectivity index (χ1) is 9.41. The van der Waals surface area contributed by atoms with Crippen molar-refractivity contribution >= 4 is 5.97 Å². The van der Waals surface area contributed by atoms with Gasteiger partial charge < -0.3 is 15.7 Å². The van der Waals surface area contributed by atoms with Gasteiger partial charge in [-0.3, -0.25) is 14.6 Å². The average molecular weight is 284 g/mol. The van der Waals surface area contributed by atoms with Crippen LogP contribution in [0.4, 0.5) is 0 Å². The van der Waals surface area contributed by atoms with Crippen molar-refractivity contribution in [3.63, 3.8) is 0 Å². The summed E-state index contributed by atoms with van der Waals surface area (Å²) < 4.78 is 0. The lowest BCUT2D eigenvalue weighted by Gasteiger charge is -2.38. The Hall–Kier alpha value is -0.690. The summed E-state index contributed by atoms with van der Waals surface area (Å²) in [5, 5.41) is 9.40. The van der Waals surface area contributed by atoms with Gasteiger partial charge in [-0.25, -0.2) is 0 Å². The predicted molar refractivity (Wildman–Crippen MR) is 78.7 cm³/mol. The number of hydrogen-bond acceptors (Lipinski definition) is 5. The van der Waals surface area contributed by atoms with Gasteiger partial charge in [0.2, 0.25) is 0 Å². The molecule has 1 heterocycles. The molecule has 0 aromatic heterocycles. The molecule has 0 spiro atoms. The largest absolute Gasteiger partial charge is 0.480 e. The van der Waals surface area contributed by atoms with E-state index in [-0.39, 0.29) is 5.92 Å². The molecular formula is C14H28N4O2. The van der Waals surface area contributed by atoms with Crippen molar-refractivity contribution in [2.24, 2.45) is 11.7 Å². The third-order valence-electron chi connectivity index (χ3n) is 4.52. The topological polar surface area (TPSA) is 73.0 Å². The van der Waals surface area contributed by atoms with Crippen LogP contribution in [0.15, 0.2) is 0 Å². The maximum absolute atomic E-state index is 11.5. The number of rotatable bonds is 7. The Balaban J connectivity index is 1.77. The molecule has 20 heavy (non-hydrogen) atoms. The molecule has 0 bridgehead atoms. The average Bonchev–Trinajstić information content (AvgIpc) is 3.22. The second-order valence-electron chi connectivity index (χ2n) is 6.54. The smallest absolute Gasteiger partial charge is 0.325 e. The molecule has 6 heteroatoms. The van der Waals surface area contributed by atoms with Crippen LogP contribution in [0.25, 0.3) is 0 Å². The molecule has 6 nitrogen and oxygen atoms in total. The lowest BCUT2D eigenvalue weighted by Crippen LogP contribution is -2.60. The normalized spacial score (nSPS) is 24.8. The lowest BCUT2D eigenvalue weighted by atomic mass is 9.93. The van der Waals surface area contributed by atoms with Crippen LogP contribution in [0.3, 0.4) is 0 Å². The van der Waals surface area contributed by atoms with Crippen LogP contribution in [-0.2, 0) is 4.79 Å². The Morgan fingerprint density at radius 1 is 1.25 bits per heavy atom. The molecule has 1 aliphatic carbocycles. The molecule has 1 unspecified atom stereocenters. The van der Waals surface area contributed by atoms with Crippen molar-refractivity contribution in [1.82, 2.24) is 14.7 Å². The summed E-state index contributed by atoms with van der Waals surface area (Å²) in [4.78, 5) is 18.3. The van der Waals surface area contributed by atoms with Crippen molar-refractivity contribution in [3.05, 3.63) is 0 Å². The van der Waals surface area contributed by atoms with E-state index in [1.54, 1.807) is 0 Å². The zero-order valence-electron chi connectivity index (χ0n) is 12.7. The number of hydrogen-bond donors (Lipinski definition) is 2. The number of nitrogens with zero attached hydrogens (tertiary/aromatic N) is 3. The maximum Gasteiger partial charge on any atom is 0.325 e. The summed E-state index contributed by atoms with van der Waals surface area (Å²) in [6.45, 7) is 6.50. The van der Waals surface area contributed by atoms with E-state index in [2.05, 4.69) is 28.8 Å². The van der Waals surface area contributed by atoms with Crippen molar-refractivity contribution in [2.75, 3.05) is 59.9 Å². The molecular weight excluding hydrogens is 256 g/mol. The van der Waals surface area contributed by atoms with E-state index in [0.717, 1.165) is 52.1 Å². The third-order valence-corrected chi connectivity index (χ3v) is 4.52. The molecule has 0 aromatic carbocycles. The molecule has 1 aliphatic heterocycles. The third kappa shape index (κ3) is 3.91. The van der Waals surface area contributed by atoms with Gasteiger partial charge in [0.15, 0.2) is 0 Å². The fourth-order valence-corrected chi connectivity index (χ4v) is 2.85. The van der Waals surface area contributed by atoms with Gasteiger partial charge in [0, 0.05) is 45.8 Å². The van der Waals surface area contributed by atoms with Crippen molar-refractivity contribution in [2.45, 2.75) is 18.4 Å². The van der Waals surface area contributed by atoms with E-state index < -0.39 is 11.5 Å². The number of carboxylic acid groups (broad SMARTS) is 1. The highest BCUT2D eigenvalue weighted by Gasteiger charge is 2.49. The second-order valence-corrected chi connectivity index (χ2v) is 6.54. The lowest BCUT2D eigenvalue weighted by molar-refractivity contribution is -0.145. The first-order valence-corrected chi connectivity index (χ1v) is 7.53. The van der Waals surface area contributed by atoms with E-state index in [0.29, 0.717) is 6.54 Å². The van der Waals surface area contributed by atoms with Crippen LogP contribution in [0.1, 0.15) is 12.8 Å². The van der Waals surface area contributed by atoms with Gasteiger partial charge in [-0.1, -0.05) is 0 Å². The Morgan fingerprint density at radius 3 is 2.25 bits per heavy atom. The van der Waals surface area contributed by atoms with Gasteiger partial charge in [-0.15, -0.1) is 0 Å². The summed E-state index contributed by atoms with van der Waals surface area (Å²) in [6, 6.07) is 0. The number of piperazine rings is 1. The molecule has 0 radical (unpaired) electrons. The molecule has 3 N–H and O–H groups in total. The fourth-order valence-electron chi connectivity index (χ4n) is 2.85. The van der Waals surface area contributed by atoms with Crippen molar-refractivity contribution in [1.29, 1.82) is 0 Å². The highest BCUT2D eigenvalue weighted by Crippen LogP contribution is 2.39. The molecule has 2 aliphatic rings. The van der Waals surface area contributed by atoms with Crippen LogP contribution in [0.2, 0.25) is 0 Å². The number of likely N-dealkylation sites (N-methyl/N-ethyl adjacent to an activating group) is 1. The minimum absolute atomic E-state index is 0.173. The standard InChI is InChI=1S/C14H28N4O2/c1-16(2)5-6-17-7-9-18(10-8-17)11-14(15,13(19)20)12-3-4-12/h12H,3-11,15H2,1-2H3,(H,19,20). The predicted octanol–water partition coefficient (Wildman–Crippen LogP) is -0.642. The van der Waals surface area contributed by atoms with Crippen LogP contribution >= 0.6 is 0 Å². The number of carboxylic acids is 1. The Kier molecular flexibility index (Phi) is 5.01. The van der Waals surface area contributed by atoms with Gasteiger partial charge in [0.05, 0.1) is 0 Å². The molecule has 2 fully saturated rings. The first-order valence-electron chi connectivity index (χ1n) is 7.53. The van der Waals surface area contributed by atoms with Crippen molar-refractivity contribution < 1.29 is 9.90 Å². The molecule has 0 aromatic rings. The molecule has 1 atom stereocenters. The van der Waals surface area contributed by atoms with E-state index in [4.69, 9.17) is 5.73 Å². The molecule has 0 amide bonds. The summed E-state index contributed by atoms with van der Waals surface area (Å²) in [5.74, 6) is -0.665. The number of aliphatic carboxylic acids is 1. The van der Waals surface area contributed by atoms with Gasteiger partial charge in [-0.05, 0) is 32.9 Å². The van der Waals surface area contributed by atoms with Gasteiger partial charge in [0.1, 0.15) is 5.54 Å². The van der Waals surface area contributed by atoms with Crippen LogP contribution in [0, 0.1) is 5.92 Å². The van der Waals surface area contributed by atoms with Crippen LogP contribution in [0.5, 0.6) is 0 Å². The Bertz CT molecular complexity index is 338. The zero-order chi connectivity index (χ0) is 14.8. The fraction of sp³-hybridized carbons (Fsp3) is 0.929. The molecule has 2 rings (SSSR count). The molecule has 1 saturated carbocycles. The van der Waals surface area contributed by atoms with Crippen LogP contribution < -0.4 is 5.73 Å². The van der Waals surface area contributed by atoms with E-state index in [9.17, 15) is 9.90 Å².